The van der Waals surface area contributed by atoms with Gasteiger partial charge in [0, 0.05) is 18.8 Å². The highest BCUT2D eigenvalue weighted by atomic mass is 15.2. The van der Waals surface area contributed by atoms with Gasteiger partial charge in [0.05, 0.1) is 5.69 Å². The SMILES string of the molecule is C1=Nc2ccccc2CN2CCCCC12. The van der Waals surface area contributed by atoms with Crippen LogP contribution in [-0.4, -0.2) is 23.7 Å². The second-order valence-corrected chi connectivity index (χ2v) is 4.44. The zero-order valence-corrected chi connectivity index (χ0v) is 8.89. The molecule has 15 heavy (non-hydrogen) atoms. The molecule has 0 amide bonds. The third-order valence-electron chi connectivity index (χ3n) is 3.41. The Labute approximate surface area is 90.6 Å². The summed E-state index contributed by atoms with van der Waals surface area (Å²) >= 11 is 0. The minimum absolute atomic E-state index is 0.575. The maximum Gasteiger partial charge on any atom is 0.0671 e. The Morgan fingerprint density at radius 1 is 1.20 bits per heavy atom. The Morgan fingerprint density at radius 3 is 3.13 bits per heavy atom. The van der Waals surface area contributed by atoms with E-state index < -0.39 is 0 Å². The summed E-state index contributed by atoms with van der Waals surface area (Å²) in [6.07, 6.45) is 6.11. The molecule has 0 saturated carbocycles. The van der Waals surface area contributed by atoms with Gasteiger partial charge in [0.2, 0.25) is 0 Å². The van der Waals surface area contributed by atoms with E-state index in [1.807, 2.05) is 0 Å². The van der Waals surface area contributed by atoms with Crippen molar-refractivity contribution >= 4 is 11.9 Å². The maximum atomic E-state index is 4.60. The molecule has 2 aliphatic heterocycles. The highest BCUT2D eigenvalue weighted by Gasteiger charge is 2.23. The van der Waals surface area contributed by atoms with E-state index in [1.54, 1.807) is 0 Å². The molecule has 0 spiro atoms. The van der Waals surface area contributed by atoms with Gasteiger partial charge in [0.1, 0.15) is 0 Å². The van der Waals surface area contributed by atoms with Crippen molar-refractivity contribution in [2.24, 2.45) is 4.99 Å². The molecular weight excluding hydrogens is 184 g/mol. The lowest BCUT2D eigenvalue weighted by molar-refractivity contribution is 0.189. The molecule has 1 fully saturated rings. The largest absolute Gasteiger partial charge is 0.291 e. The molecule has 1 saturated heterocycles. The van der Waals surface area contributed by atoms with E-state index >= 15 is 0 Å². The summed E-state index contributed by atoms with van der Waals surface area (Å²) in [5.41, 5.74) is 2.53. The number of fused-ring (bicyclic) bond motifs is 2. The van der Waals surface area contributed by atoms with E-state index in [-0.39, 0.29) is 0 Å². The van der Waals surface area contributed by atoms with Gasteiger partial charge in [-0.05, 0) is 31.0 Å². The lowest BCUT2D eigenvalue weighted by Crippen LogP contribution is -2.39. The summed E-state index contributed by atoms with van der Waals surface area (Å²) in [6, 6.07) is 9.07. The molecule has 0 aromatic heterocycles. The van der Waals surface area contributed by atoms with Gasteiger partial charge in [-0.25, -0.2) is 0 Å². The van der Waals surface area contributed by atoms with E-state index in [4.69, 9.17) is 0 Å². The van der Waals surface area contributed by atoms with Gasteiger partial charge >= 0.3 is 0 Å². The molecule has 78 valence electrons. The van der Waals surface area contributed by atoms with Gasteiger partial charge in [-0.15, -0.1) is 0 Å². The van der Waals surface area contributed by atoms with Crippen LogP contribution in [-0.2, 0) is 6.54 Å². The Balaban J connectivity index is 1.95. The van der Waals surface area contributed by atoms with E-state index in [1.165, 1.54) is 31.4 Å². The Morgan fingerprint density at radius 2 is 2.13 bits per heavy atom. The van der Waals surface area contributed by atoms with Crippen molar-refractivity contribution in [3.05, 3.63) is 29.8 Å². The van der Waals surface area contributed by atoms with E-state index in [0.29, 0.717) is 6.04 Å². The summed E-state index contributed by atoms with van der Waals surface area (Å²) < 4.78 is 0. The molecule has 2 heterocycles. The fourth-order valence-electron chi connectivity index (χ4n) is 2.54. The minimum Gasteiger partial charge on any atom is -0.291 e. The second-order valence-electron chi connectivity index (χ2n) is 4.44. The van der Waals surface area contributed by atoms with Crippen molar-refractivity contribution in [3.8, 4) is 0 Å². The van der Waals surface area contributed by atoms with Crippen LogP contribution < -0.4 is 0 Å². The van der Waals surface area contributed by atoms with Gasteiger partial charge < -0.3 is 0 Å². The van der Waals surface area contributed by atoms with Crippen LogP contribution in [0, 0.1) is 0 Å². The van der Waals surface area contributed by atoms with E-state index in [0.717, 1.165) is 12.2 Å². The standard InChI is InChI=1S/C13H16N2/c1-2-7-13-11(5-1)10-15-8-4-3-6-12(15)9-14-13/h1-2,5,7,9,12H,3-4,6,8,10H2. The maximum absolute atomic E-state index is 4.60. The molecule has 1 aromatic carbocycles. The molecule has 0 bridgehead atoms. The number of para-hydroxylation sites is 1. The summed E-state index contributed by atoms with van der Waals surface area (Å²) in [4.78, 5) is 7.16. The first-order chi connectivity index (χ1) is 7.43. The first-order valence-corrected chi connectivity index (χ1v) is 5.79. The van der Waals surface area contributed by atoms with Crippen molar-refractivity contribution in [1.82, 2.24) is 4.90 Å². The summed E-state index contributed by atoms with van der Waals surface area (Å²) in [5, 5.41) is 0. The zero-order chi connectivity index (χ0) is 10.1. The molecule has 3 rings (SSSR count). The van der Waals surface area contributed by atoms with Crippen LogP contribution >= 0.6 is 0 Å². The fraction of sp³-hybridized carbons (Fsp3) is 0.462. The van der Waals surface area contributed by atoms with Crippen molar-refractivity contribution < 1.29 is 0 Å². The number of hydrogen-bond donors (Lipinski definition) is 0. The Bertz CT molecular complexity index is 384. The monoisotopic (exact) mass is 200 g/mol. The van der Waals surface area contributed by atoms with Gasteiger partial charge in [0.15, 0.2) is 0 Å². The number of hydrogen-bond acceptors (Lipinski definition) is 2. The molecule has 1 atom stereocenters. The summed E-state index contributed by atoms with van der Waals surface area (Å²) in [6.45, 7) is 2.30. The van der Waals surface area contributed by atoms with E-state index in [2.05, 4.69) is 40.4 Å². The molecule has 0 radical (unpaired) electrons. The Kier molecular flexibility index (Phi) is 2.29. The molecule has 2 heteroatoms. The zero-order valence-electron chi connectivity index (χ0n) is 8.89. The number of aliphatic imine (C=N–C) groups is 1. The summed E-state index contributed by atoms with van der Waals surface area (Å²) in [5.74, 6) is 0. The number of nitrogens with zero attached hydrogens (tertiary/aromatic N) is 2. The van der Waals surface area contributed by atoms with Crippen molar-refractivity contribution in [3.63, 3.8) is 0 Å². The van der Waals surface area contributed by atoms with Crippen LogP contribution in [0.4, 0.5) is 5.69 Å². The molecule has 2 nitrogen and oxygen atoms in total. The predicted octanol–water partition coefficient (Wildman–Crippen LogP) is 2.76. The normalized spacial score (nSPS) is 25.5. The molecule has 0 aliphatic carbocycles. The van der Waals surface area contributed by atoms with Gasteiger partial charge in [-0.3, -0.25) is 9.89 Å². The predicted molar refractivity (Wildman–Crippen MR) is 62.6 cm³/mol. The number of benzene rings is 1. The van der Waals surface area contributed by atoms with Crippen LogP contribution in [0.15, 0.2) is 29.3 Å². The van der Waals surface area contributed by atoms with Crippen molar-refractivity contribution in [1.29, 1.82) is 0 Å². The second kappa shape index (κ2) is 3.78. The molecule has 2 aliphatic rings. The molecular formula is C13H16N2. The number of piperidine rings is 1. The van der Waals surface area contributed by atoms with Gasteiger partial charge in [-0.2, -0.15) is 0 Å². The lowest BCUT2D eigenvalue weighted by atomic mass is 10.0. The fourth-order valence-corrected chi connectivity index (χ4v) is 2.54. The van der Waals surface area contributed by atoms with Gasteiger partial charge in [0.25, 0.3) is 0 Å². The molecule has 1 aromatic rings. The van der Waals surface area contributed by atoms with Crippen LogP contribution in [0.25, 0.3) is 0 Å². The minimum atomic E-state index is 0.575. The lowest BCUT2D eigenvalue weighted by Gasteiger charge is -2.32. The topological polar surface area (TPSA) is 15.6 Å². The van der Waals surface area contributed by atoms with Crippen molar-refractivity contribution in [2.75, 3.05) is 6.54 Å². The van der Waals surface area contributed by atoms with Crippen LogP contribution in [0.3, 0.4) is 0 Å². The highest BCUT2D eigenvalue weighted by Crippen LogP contribution is 2.27. The van der Waals surface area contributed by atoms with Crippen LogP contribution in [0.5, 0.6) is 0 Å². The molecule has 1 unspecified atom stereocenters. The van der Waals surface area contributed by atoms with Crippen molar-refractivity contribution in [2.45, 2.75) is 31.8 Å². The molecule has 0 N–H and O–H groups in total. The average Bonchev–Trinajstić information content (AvgIpc) is 2.48. The summed E-state index contributed by atoms with van der Waals surface area (Å²) in [7, 11) is 0. The Hall–Kier alpha value is -1.15. The van der Waals surface area contributed by atoms with Crippen LogP contribution in [0.1, 0.15) is 24.8 Å². The smallest absolute Gasteiger partial charge is 0.0671 e. The van der Waals surface area contributed by atoms with E-state index in [9.17, 15) is 0 Å². The quantitative estimate of drug-likeness (QED) is 0.628. The number of rotatable bonds is 0. The highest BCUT2D eigenvalue weighted by molar-refractivity contribution is 5.71. The van der Waals surface area contributed by atoms with Gasteiger partial charge in [-0.1, -0.05) is 24.6 Å². The first-order valence-electron chi connectivity index (χ1n) is 5.79. The third kappa shape index (κ3) is 1.70. The van der Waals surface area contributed by atoms with Crippen LogP contribution in [0.2, 0.25) is 0 Å². The third-order valence-corrected chi connectivity index (χ3v) is 3.41. The average molecular weight is 200 g/mol. The first kappa shape index (κ1) is 9.10.